The minimum atomic E-state index is -1.05. The summed E-state index contributed by atoms with van der Waals surface area (Å²) >= 11 is 0. The minimum Gasteiger partial charge on any atom is -0.480 e. The number of carbonyl (C=O) groups is 4. The van der Waals surface area contributed by atoms with Crippen LogP contribution in [-0.4, -0.2) is 73.6 Å². The lowest BCUT2D eigenvalue weighted by Crippen LogP contribution is -2.61. The first-order chi connectivity index (χ1) is 19.6. The fourth-order valence-electron chi connectivity index (χ4n) is 4.44. The van der Waals surface area contributed by atoms with Crippen LogP contribution in [0.15, 0.2) is 29.1 Å². The van der Waals surface area contributed by atoms with Crippen LogP contribution in [0.2, 0.25) is 0 Å². The quantitative estimate of drug-likeness (QED) is 0.238. The number of aliphatic hydroxyl groups is 1. The van der Waals surface area contributed by atoms with E-state index in [1.807, 2.05) is 0 Å². The number of aromatic nitrogens is 2. The van der Waals surface area contributed by atoms with Crippen LogP contribution in [0.1, 0.15) is 71.9 Å². The third kappa shape index (κ3) is 7.79. The second kappa shape index (κ2) is 13.3. The highest BCUT2D eigenvalue weighted by molar-refractivity contribution is 5.94. The smallest absolute Gasteiger partial charge is 0.322 e. The Labute approximate surface area is 243 Å². The molecule has 3 amide bonds. The molecular formula is C29H40N6O7. The molecule has 3 rings (SSSR count). The van der Waals surface area contributed by atoms with Crippen molar-refractivity contribution in [3.63, 3.8) is 0 Å². The van der Waals surface area contributed by atoms with Crippen LogP contribution in [-0.2, 0) is 19.2 Å². The Bertz CT molecular complexity index is 1430. The predicted octanol–water partition coefficient (Wildman–Crippen LogP) is 1.24. The van der Waals surface area contributed by atoms with Crippen molar-refractivity contribution in [3.8, 4) is 0 Å². The van der Waals surface area contributed by atoms with Crippen molar-refractivity contribution in [2.75, 3.05) is 6.54 Å². The minimum absolute atomic E-state index is 0.152. The number of aromatic amines is 1. The van der Waals surface area contributed by atoms with Gasteiger partial charge in [0.15, 0.2) is 0 Å². The molecule has 0 bridgehead atoms. The van der Waals surface area contributed by atoms with Crippen molar-refractivity contribution in [2.24, 2.45) is 11.3 Å². The van der Waals surface area contributed by atoms with Crippen LogP contribution in [0, 0.1) is 11.3 Å². The van der Waals surface area contributed by atoms with E-state index in [1.54, 1.807) is 58.0 Å². The normalized spacial score (nSPS) is 18.1. The molecule has 1 aromatic carbocycles. The molecule has 1 aromatic heterocycles. The summed E-state index contributed by atoms with van der Waals surface area (Å²) in [6.07, 6.45) is 3.36. The Morgan fingerprint density at radius 2 is 1.83 bits per heavy atom. The monoisotopic (exact) mass is 584 g/mol. The van der Waals surface area contributed by atoms with E-state index >= 15 is 0 Å². The average molecular weight is 585 g/mol. The topological polar surface area (TPSA) is 194 Å². The molecule has 0 aliphatic carbocycles. The van der Waals surface area contributed by atoms with Gasteiger partial charge in [-0.1, -0.05) is 32.1 Å². The number of carboxylic acid groups (broad SMARTS) is 1. The number of rotatable bonds is 10. The van der Waals surface area contributed by atoms with Gasteiger partial charge in [-0.2, -0.15) is 0 Å². The van der Waals surface area contributed by atoms with E-state index in [2.05, 4.69) is 26.0 Å². The largest absolute Gasteiger partial charge is 0.480 e. The summed E-state index contributed by atoms with van der Waals surface area (Å²) in [5.74, 6) is -2.63. The van der Waals surface area contributed by atoms with Gasteiger partial charge in [-0.3, -0.25) is 29.0 Å². The van der Waals surface area contributed by atoms with Crippen LogP contribution >= 0.6 is 0 Å². The van der Waals surface area contributed by atoms with Crippen LogP contribution in [0.4, 0.5) is 0 Å². The summed E-state index contributed by atoms with van der Waals surface area (Å²) in [6, 6.07) is 2.24. The van der Waals surface area contributed by atoms with Gasteiger partial charge in [-0.15, -0.1) is 0 Å². The number of carbonyl (C=O) groups excluding carboxylic acids is 3. The molecule has 0 unspecified atom stereocenters. The number of hydrazine groups is 1. The average Bonchev–Trinajstić information content (AvgIpc) is 2.93. The molecule has 6 N–H and O–H groups in total. The van der Waals surface area contributed by atoms with E-state index in [-0.39, 0.29) is 17.3 Å². The molecule has 0 spiro atoms. The number of hydrogen-bond donors (Lipinski definition) is 6. The highest BCUT2D eigenvalue weighted by Crippen LogP contribution is 2.22. The summed E-state index contributed by atoms with van der Waals surface area (Å²) in [6.45, 7) is 10.3. The maximum atomic E-state index is 13.3. The lowest BCUT2D eigenvalue weighted by Gasteiger charge is -2.34. The molecule has 0 radical (unpaired) electrons. The first kappa shape index (κ1) is 32.4. The van der Waals surface area contributed by atoms with Gasteiger partial charge in [-0.05, 0) is 64.2 Å². The van der Waals surface area contributed by atoms with Gasteiger partial charge in [0.1, 0.15) is 30.1 Å². The number of hydrogen-bond acceptors (Lipinski definition) is 8. The highest BCUT2D eigenvalue weighted by Gasteiger charge is 2.34. The fraction of sp³-hybridized carbons (Fsp3) is 0.517. The van der Waals surface area contributed by atoms with Gasteiger partial charge in [0, 0.05) is 6.54 Å². The van der Waals surface area contributed by atoms with E-state index < -0.39 is 53.3 Å². The molecule has 1 fully saturated rings. The second-order valence-corrected chi connectivity index (χ2v) is 11.5. The Hall–Kier alpha value is -4.10. The lowest BCUT2D eigenvalue weighted by atomic mass is 9.89. The van der Waals surface area contributed by atoms with Crippen molar-refractivity contribution in [1.29, 1.82) is 0 Å². The molecule has 42 heavy (non-hydrogen) atoms. The first-order valence-corrected chi connectivity index (χ1v) is 13.9. The molecule has 4 atom stereocenters. The van der Waals surface area contributed by atoms with Gasteiger partial charge in [0.25, 0.3) is 11.5 Å². The molecule has 2 heterocycles. The number of amides is 3. The number of fused-ring (bicyclic) bond motifs is 1. The van der Waals surface area contributed by atoms with Crippen LogP contribution < -0.4 is 21.6 Å². The standard InChI is InChI=1S/C29H40N6O7/c1-15(2)22(25(38)30-16(3)26(39)35-13-7-8-20(34-35)27(40)41)32-28(42)29(5,6)12-11-18-9-10-19-21(14-18)31-23(17(4)36)33-24(19)37/h9-12,14-17,20,22,34,36H,7-8,13H2,1-6H3,(H,30,38)(H,32,42)(H,40,41)(H,31,33,37)/t16-,17+,20-,22-/m0/s1. The fourth-order valence-corrected chi connectivity index (χ4v) is 4.44. The summed E-state index contributed by atoms with van der Waals surface area (Å²) in [4.78, 5) is 69.8. The molecule has 13 nitrogen and oxygen atoms in total. The number of aliphatic hydroxyl groups excluding tert-OH is 1. The molecule has 2 aromatic rings. The van der Waals surface area contributed by atoms with Gasteiger partial charge < -0.3 is 25.8 Å². The first-order valence-electron chi connectivity index (χ1n) is 13.9. The molecule has 228 valence electrons. The maximum absolute atomic E-state index is 13.3. The zero-order valence-electron chi connectivity index (χ0n) is 24.7. The summed E-state index contributed by atoms with van der Waals surface area (Å²) in [7, 11) is 0. The number of carboxylic acids is 1. The van der Waals surface area contributed by atoms with Gasteiger partial charge in [-0.25, -0.2) is 10.4 Å². The van der Waals surface area contributed by atoms with Gasteiger partial charge in [0.05, 0.1) is 16.3 Å². The van der Waals surface area contributed by atoms with Crippen molar-refractivity contribution in [1.82, 2.24) is 31.0 Å². The molecular weight excluding hydrogens is 544 g/mol. The SMILES string of the molecule is CC(C)[C@H](NC(=O)C(C)(C)C=Cc1ccc2c(=O)[nH]c([C@@H](C)O)nc2c1)C(=O)N[C@@H](C)C(=O)N1CCC[C@@H](C(=O)O)N1. The van der Waals surface area contributed by atoms with Crippen molar-refractivity contribution in [3.05, 3.63) is 46.0 Å². The zero-order chi connectivity index (χ0) is 31.4. The number of nitrogens with one attached hydrogen (secondary N) is 4. The summed E-state index contributed by atoms with van der Waals surface area (Å²) < 4.78 is 0. The number of H-pyrrole nitrogens is 1. The maximum Gasteiger partial charge on any atom is 0.322 e. The summed E-state index contributed by atoms with van der Waals surface area (Å²) in [5, 5.41) is 26.1. The Morgan fingerprint density at radius 1 is 1.14 bits per heavy atom. The molecule has 1 aliphatic rings. The number of aliphatic carboxylic acids is 1. The van der Waals surface area contributed by atoms with Gasteiger partial charge in [0.2, 0.25) is 11.8 Å². The van der Waals surface area contributed by atoms with E-state index in [9.17, 15) is 34.2 Å². The molecule has 1 aliphatic heterocycles. The van der Waals surface area contributed by atoms with Crippen molar-refractivity contribution < 1.29 is 29.4 Å². The lowest BCUT2D eigenvalue weighted by molar-refractivity contribution is -0.148. The third-order valence-corrected chi connectivity index (χ3v) is 7.14. The molecule has 0 saturated carbocycles. The number of benzene rings is 1. The van der Waals surface area contributed by atoms with E-state index in [4.69, 9.17) is 0 Å². The van der Waals surface area contributed by atoms with E-state index in [0.29, 0.717) is 35.9 Å². The Morgan fingerprint density at radius 3 is 2.45 bits per heavy atom. The third-order valence-electron chi connectivity index (χ3n) is 7.14. The van der Waals surface area contributed by atoms with Crippen LogP contribution in [0.3, 0.4) is 0 Å². The Kier molecular flexibility index (Phi) is 10.2. The van der Waals surface area contributed by atoms with E-state index in [1.165, 1.54) is 18.9 Å². The number of nitrogens with zero attached hydrogens (tertiary/aromatic N) is 2. The van der Waals surface area contributed by atoms with E-state index in [0.717, 1.165) is 0 Å². The van der Waals surface area contributed by atoms with Crippen LogP contribution in [0.25, 0.3) is 17.0 Å². The van der Waals surface area contributed by atoms with Crippen LogP contribution in [0.5, 0.6) is 0 Å². The highest BCUT2D eigenvalue weighted by atomic mass is 16.4. The second-order valence-electron chi connectivity index (χ2n) is 11.5. The zero-order valence-corrected chi connectivity index (χ0v) is 24.7. The Balaban J connectivity index is 1.68. The van der Waals surface area contributed by atoms with Crippen molar-refractivity contribution >= 4 is 40.7 Å². The van der Waals surface area contributed by atoms with Crippen molar-refractivity contribution in [2.45, 2.75) is 78.6 Å². The molecule has 1 saturated heterocycles. The van der Waals surface area contributed by atoms with Gasteiger partial charge >= 0.3 is 5.97 Å². The summed E-state index contributed by atoms with van der Waals surface area (Å²) in [5.41, 5.74) is 2.36. The predicted molar refractivity (Wildman–Crippen MR) is 156 cm³/mol. The molecule has 13 heteroatoms.